The molecule has 2 heterocycles. The standard InChI is InChI=1S/C20H21ClF3N3O4.C17H15ClF3N3O4/c1-11(2)30-18(28)16(10-17-25-7-4-8-26-17)31-19(29)27-12(3)14-6-5-13(9-15(14)21)20(22,23)24;1-9(11-4-3-10(7-12(11)18)17(19,20)21)24-16(27)28-13(15(25)26)8-14-22-5-2-6-23-14/h4-9,11-12,16H,10H2,1-3H3,(H,27,29);2-7,9,13H,8H2,1H3,(H,24,27)(H,25,26)/t12-,16+;9-,13+/m00/s1. The van der Waals surface area contributed by atoms with Crippen LogP contribution >= 0.6 is 23.2 Å². The van der Waals surface area contributed by atoms with E-state index in [9.17, 15) is 50.6 Å². The van der Waals surface area contributed by atoms with Crippen molar-refractivity contribution in [1.82, 2.24) is 30.6 Å². The maximum atomic E-state index is 12.8. The largest absolute Gasteiger partial charge is 0.478 e. The second-order valence-corrected chi connectivity index (χ2v) is 13.4. The van der Waals surface area contributed by atoms with Gasteiger partial charge in [-0.1, -0.05) is 35.3 Å². The third-order valence-electron chi connectivity index (χ3n) is 7.62. The van der Waals surface area contributed by atoms with Crippen LogP contribution in [0.1, 0.15) is 73.7 Å². The third kappa shape index (κ3) is 15.5. The summed E-state index contributed by atoms with van der Waals surface area (Å²) in [6, 6.07) is 7.01. The summed E-state index contributed by atoms with van der Waals surface area (Å²) >= 11 is 11.8. The number of nitrogens with zero attached hydrogens (tertiary/aromatic N) is 4. The molecule has 2 amide bonds. The predicted octanol–water partition coefficient (Wildman–Crippen LogP) is 8.13. The van der Waals surface area contributed by atoms with Crippen molar-refractivity contribution >= 4 is 47.3 Å². The average Bonchev–Trinajstić information content (AvgIpc) is 3.14. The van der Waals surface area contributed by atoms with Crippen molar-refractivity contribution in [3.8, 4) is 0 Å². The zero-order valence-electron chi connectivity index (χ0n) is 31.3. The molecule has 0 aliphatic heterocycles. The van der Waals surface area contributed by atoms with Gasteiger partial charge in [-0.2, -0.15) is 26.3 Å². The third-order valence-corrected chi connectivity index (χ3v) is 8.28. The minimum Gasteiger partial charge on any atom is -0.478 e. The highest BCUT2D eigenvalue weighted by Gasteiger charge is 2.33. The molecule has 2 aromatic carbocycles. The monoisotopic (exact) mass is 876 g/mol. The molecule has 0 radical (unpaired) electrons. The molecule has 4 aromatic rings. The van der Waals surface area contributed by atoms with Gasteiger partial charge < -0.3 is 30.0 Å². The van der Waals surface area contributed by atoms with Crippen molar-refractivity contribution in [2.24, 2.45) is 0 Å². The normalized spacial score (nSPS) is 13.4. The maximum Gasteiger partial charge on any atom is 0.416 e. The lowest BCUT2D eigenvalue weighted by molar-refractivity contribution is -0.157. The Morgan fingerprint density at radius 1 is 0.644 bits per heavy atom. The van der Waals surface area contributed by atoms with Crippen molar-refractivity contribution in [3.05, 3.63) is 117 Å². The number of carbonyl (C=O) groups is 4. The van der Waals surface area contributed by atoms with Gasteiger partial charge >= 0.3 is 36.5 Å². The second-order valence-electron chi connectivity index (χ2n) is 12.6. The number of hydrogen-bond acceptors (Lipinski definition) is 11. The van der Waals surface area contributed by atoms with Gasteiger partial charge in [0.1, 0.15) is 11.6 Å². The zero-order valence-corrected chi connectivity index (χ0v) is 32.9. The van der Waals surface area contributed by atoms with Crippen LogP contribution < -0.4 is 10.6 Å². The van der Waals surface area contributed by atoms with Crippen LogP contribution in [0.4, 0.5) is 35.9 Å². The summed E-state index contributed by atoms with van der Waals surface area (Å²) in [6.45, 7) is 6.26. The van der Waals surface area contributed by atoms with Crippen molar-refractivity contribution < 1.29 is 64.8 Å². The number of aliphatic carboxylic acids is 1. The number of amides is 2. The first-order valence-electron chi connectivity index (χ1n) is 17.2. The average molecular weight is 878 g/mol. The minimum absolute atomic E-state index is 0.116. The summed E-state index contributed by atoms with van der Waals surface area (Å²) in [5.41, 5.74) is -1.37. The molecule has 0 aliphatic rings. The number of alkyl carbamates (subject to hydrolysis) is 2. The number of ether oxygens (including phenoxy) is 3. The quantitative estimate of drug-likeness (QED) is 0.0665. The van der Waals surface area contributed by atoms with Crippen molar-refractivity contribution in [3.63, 3.8) is 0 Å². The van der Waals surface area contributed by atoms with E-state index in [1.54, 1.807) is 26.0 Å². The summed E-state index contributed by atoms with van der Waals surface area (Å²) in [5, 5.41) is 13.6. The van der Waals surface area contributed by atoms with Gasteiger partial charge in [0.2, 0.25) is 12.2 Å². The number of alkyl halides is 6. The van der Waals surface area contributed by atoms with E-state index in [0.717, 1.165) is 30.3 Å². The topological polar surface area (TPSA) is 192 Å². The lowest BCUT2D eigenvalue weighted by Gasteiger charge is -2.21. The van der Waals surface area contributed by atoms with E-state index in [4.69, 9.17) is 37.4 Å². The van der Waals surface area contributed by atoms with Crippen LogP contribution in [0, 0.1) is 0 Å². The molecule has 59 heavy (non-hydrogen) atoms. The predicted molar refractivity (Wildman–Crippen MR) is 197 cm³/mol. The van der Waals surface area contributed by atoms with Gasteiger partial charge in [0.15, 0.2) is 0 Å². The van der Waals surface area contributed by atoms with E-state index >= 15 is 0 Å². The van der Waals surface area contributed by atoms with Gasteiger partial charge in [-0.05, 0) is 75.2 Å². The fourth-order valence-corrected chi connectivity index (χ4v) is 5.50. The molecular formula is C37H36Cl2F6N6O8. The lowest BCUT2D eigenvalue weighted by Crippen LogP contribution is -2.38. The van der Waals surface area contributed by atoms with Gasteiger partial charge in [-0.15, -0.1) is 0 Å². The van der Waals surface area contributed by atoms with Crippen LogP contribution in [0.3, 0.4) is 0 Å². The Hall–Kier alpha value is -5.76. The lowest BCUT2D eigenvalue weighted by atomic mass is 10.1. The number of hydrogen-bond donors (Lipinski definition) is 3. The number of carboxylic acid groups (broad SMARTS) is 1. The Labute approximate surface area is 342 Å². The molecule has 22 heteroatoms. The van der Waals surface area contributed by atoms with Gasteiger partial charge in [0.05, 0.1) is 42.2 Å². The number of aromatic nitrogens is 4. The first-order valence-corrected chi connectivity index (χ1v) is 17.9. The smallest absolute Gasteiger partial charge is 0.416 e. The maximum absolute atomic E-state index is 12.8. The number of carboxylic acids is 1. The van der Waals surface area contributed by atoms with E-state index in [0.29, 0.717) is 0 Å². The molecule has 0 fully saturated rings. The van der Waals surface area contributed by atoms with Gasteiger partial charge in [-0.25, -0.2) is 39.1 Å². The number of rotatable bonds is 13. The Balaban J connectivity index is 0.000000317. The van der Waals surface area contributed by atoms with Crippen molar-refractivity contribution in [2.45, 2.75) is 83.3 Å². The Morgan fingerprint density at radius 3 is 1.36 bits per heavy atom. The van der Waals surface area contributed by atoms with Gasteiger partial charge in [-0.3, -0.25) is 0 Å². The SMILES string of the molecule is CC(C)OC(=O)[C@@H](Cc1ncccn1)OC(=O)N[C@@H](C)c1ccc(C(F)(F)F)cc1Cl.C[C@H](NC(=O)O[C@H](Cc1ncccn1)C(=O)O)c1ccc(C(F)(F)F)cc1Cl. The molecule has 0 bridgehead atoms. The zero-order chi connectivity index (χ0) is 44.1. The molecule has 0 unspecified atom stereocenters. The van der Waals surface area contributed by atoms with E-state index in [1.807, 2.05) is 0 Å². The fourth-order valence-electron chi connectivity index (χ4n) is 4.81. The highest BCUT2D eigenvalue weighted by Crippen LogP contribution is 2.35. The van der Waals surface area contributed by atoms with Gasteiger partial charge in [0.25, 0.3) is 0 Å². The van der Waals surface area contributed by atoms with Crippen LogP contribution in [0.25, 0.3) is 0 Å². The van der Waals surface area contributed by atoms with Crippen LogP contribution in [0.2, 0.25) is 10.0 Å². The van der Waals surface area contributed by atoms with Gasteiger partial charge in [0, 0.05) is 34.8 Å². The first-order chi connectivity index (χ1) is 27.5. The van der Waals surface area contributed by atoms with Crippen molar-refractivity contribution in [2.75, 3.05) is 0 Å². The molecule has 0 saturated carbocycles. The number of halogens is 8. The van der Waals surface area contributed by atoms with E-state index < -0.39 is 78.0 Å². The van der Waals surface area contributed by atoms with E-state index in [-0.39, 0.29) is 45.7 Å². The number of esters is 1. The Bertz CT molecular complexity index is 2050. The summed E-state index contributed by atoms with van der Waals surface area (Å²) < 4.78 is 91.7. The molecule has 0 aliphatic carbocycles. The van der Waals surface area contributed by atoms with Crippen LogP contribution in [-0.2, 0) is 49.0 Å². The first kappa shape index (κ1) is 47.6. The fraction of sp³-hybridized carbons (Fsp3) is 0.351. The molecule has 318 valence electrons. The molecule has 4 rings (SSSR count). The molecule has 0 saturated heterocycles. The second kappa shape index (κ2) is 21.3. The molecule has 14 nitrogen and oxygen atoms in total. The summed E-state index contributed by atoms with van der Waals surface area (Å²) in [7, 11) is 0. The minimum atomic E-state index is -4.55. The molecule has 4 atom stereocenters. The number of nitrogens with one attached hydrogen (secondary N) is 2. The van der Waals surface area contributed by atoms with Crippen LogP contribution in [0.15, 0.2) is 73.3 Å². The van der Waals surface area contributed by atoms with Crippen LogP contribution in [-0.4, -0.2) is 67.5 Å². The van der Waals surface area contributed by atoms with Crippen LogP contribution in [0.5, 0.6) is 0 Å². The molecule has 0 spiro atoms. The summed E-state index contributed by atoms with van der Waals surface area (Å²) in [6.07, 6.45) is -9.05. The Kier molecular flexibility index (Phi) is 17.2. The highest BCUT2D eigenvalue weighted by atomic mass is 35.5. The number of carbonyl (C=O) groups excluding carboxylic acids is 3. The number of benzene rings is 2. The van der Waals surface area contributed by atoms with E-state index in [2.05, 4.69) is 30.6 Å². The van der Waals surface area contributed by atoms with E-state index in [1.165, 1.54) is 44.7 Å². The highest BCUT2D eigenvalue weighted by molar-refractivity contribution is 6.31. The molecule has 2 aromatic heterocycles. The summed E-state index contributed by atoms with van der Waals surface area (Å²) in [4.78, 5) is 63.7. The molecular weight excluding hydrogens is 841 g/mol. The Morgan fingerprint density at radius 2 is 1.02 bits per heavy atom. The van der Waals surface area contributed by atoms with Crippen molar-refractivity contribution in [1.29, 1.82) is 0 Å². The molecule has 3 N–H and O–H groups in total. The summed E-state index contributed by atoms with van der Waals surface area (Å²) in [5.74, 6) is -1.75.